The molecule has 5 rings (SSSR count). The number of fused-ring (bicyclic) bond motifs is 1. The zero-order valence-corrected chi connectivity index (χ0v) is 19.2. The van der Waals surface area contributed by atoms with Gasteiger partial charge in [0, 0.05) is 29.7 Å². The average Bonchev–Trinajstić information content (AvgIpc) is 3.28. The van der Waals surface area contributed by atoms with Crippen molar-refractivity contribution in [1.29, 1.82) is 0 Å². The van der Waals surface area contributed by atoms with Gasteiger partial charge in [0.05, 0.1) is 16.6 Å². The van der Waals surface area contributed by atoms with Crippen LogP contribution in [0, 0.1) is 6.92 Å². The molecule has 166 valence electrons. The number of rotatable bonds is 5. The molecule has 0 radical (unpaired) electrons. The molecule has 0 bridgehead atoms. The predicted molar refractivity (Wildman–Crippen MR) is 132 cm³/mol. The Morgan fingerprint density at radius 3 is 2.76 bits per heavy atom. The zero-order valence-electron chi connectivity index (χ0n) is 18.3. The van der Waals surface area contributed by atoms with Crippen LogP contribution in [-0.2, 0) is 13.0 Å². The molecule has 0 spiro atoms. The molecule has 33 heavy (non-hydrogen) atoms. The van der Waals surface area contributed by atoms with E-state index in [1.165, 1.54) is 10.4 Å². The van der Waals surface area contributed by atoms with Gasteiger partial charge in [0.25, 0.3) is 5.91 Å². The standard InChI is InChI=1S/C26H25N5OS/c1-16-13-18(21-9-12-29-26(27)30-21)7-8-20(16)24(17-5-3-2-4-6-17)31-25(32)23-14-19-15-28-11-10-22(19)33-23/h2-9,12-14,24,28H,10-11,15H2,1H3,(H,31,32)(H2,27,29,30). The van der Waals surface area contributed by atoms with E-state index in [-0.39, 0.29) is 17.9 Å². The van der Waals surface area contributed by atoms with Crippen LogP contribution >= 0.6 is 11.3 Å². The fraction of sp³-hybridized carbons (Fsp3) is 0.192. The number of nitrogens with two attached hydrogens (primary N) is 1. The smallest absolute Gasteiger partial charge is 0.262 e. The number of aryl methyl sites for hydroxylation is 1. The number of benzene rings is 2. The van der Waals surface area contributed by atoms with Crippen LogP contribution in [0.5, 0.6) is 0 Å². The van der Waals surface area contributed by atoms with Crippen molar-refractivity contribution in [2.24, 2.45) is 0 Å². The van der Waals surface area contributed by atoms with Crippen LogP contribution in [0.25, 0.3) is 11.3 Å². The molecule has 3 heterocycles. The van der Waals surface area contributed by atoms with Gasteiger partial charge in [0.15, 0.2) is 0 Å². The summed E-state index contributed by atoms with van der Waals surface area (Å²) in [7, 11) is 0. The SMILES string of the molecule is Cc1cc(-c2ccnc(N)n2)ccc1C(NC(=O)c1cc2c(s1)CCNC2)c1ccccc1. The Morgan fingerprint density at radius 2 is 2.00 bits per heavy atom. The fourth-order valence-corrected chi connectivity index (χ4v) is 5.33. The highest BCUT2D eigenvalue weighted by molar-refractivity contribution is 7.14. The molecule has 4 aromatic rings. The maximum absolute atomic E-state index is 13.3. The van der Waals surface area contributed by atoms with Crippen LogP contribution in [0.1, 0.15) is 42.8 Å². The lowest BCUT2D eigenvalue weighted by atomic mass is 9.93. The molecule has 1 aliphatic rings. The highest BCUT2D eigenvalue weighted by Crippen LogP contribution is 2.30. The van der Waals surface area contributed by atoms with Crippen molar-refractivity contribution in [2.45, 2.75) is 25.9 Å². The van der Waals surface area contributed by atoms with E-state index in [1.807, 2.05) is 48.5 Å². The number of nitrogen functional groups attached to an aromatic ring is 1. The molecular weight excluding hydrogens is 430 g/mol. The van der Waals surface area contributed by atoms with Crippen LogP contribution < -0.4 is 16.4 Å². The first-order valence-corrected chi connectivity index (χ1v) is 11.8. The van der Waals surface area contributed by atoms with Gasteiger partial charge in [-0.15, -0.1) is 11.3 Å². The van der Waals surface area contributed by atoms with E-state index in [9.17, 15) is 4.79 Å². The number of amides is 1. The van der Waals surface area contributed by atoms with E-state index >= 15 is 0 Å². The van der Waals surface area contributed by atoms with Gasteiger partial charge >= 0.3 is 0 Å². The number of hydrogen-bond acceptors (Lipinski definition) is 6. The second kappa shape index (κ2) is 9.13. The summed E-state index contributed by atoms with van der Waals surface area (Å²) < 4.78 is 0. The summed E-state index contributed by atoms with van der Waals surface area (Å²) in [5, 5.41) is 6.66. The maximum Gasteiger partial charge on any atom is 0.262 e. The number of thiophene rings is 1. The van der Waals surface area contributed by atoms with Gasteiger partial charge in [0.2, 0.25) is 5.95 Å². The molecule has 2 aromatic carbocycles. The predicted octanol–water partition coefficient (Wildman–Crippen LogP) is 4.26. The second-order valence-corrected chi connectivity index (χ2v) is 9.31. The summed E-state index contributed by atoms with van der Waals surface area (Å²) in [4.78, 5) is 23.7. The number of carbonyl (C=O) groups is 1. The Hall–Kier alpha value is -3.55. The molecule has 0 saturated carbocycles. The fourth-order valence-electron chi connectivity index (χ4n) is 4.25. The van der Waals surface area contributed by atoms with Crippen molar-refractivity contribution < 1.29 is 4.79 Å². The number of nitrogens with zero attached hydrogens (tertiary/aromatic N) is 2. The number of aromatic nitrogens is 2. The van der Waals surface area contributed by atoms with E-state index in [1.54, 1.807) is 17.5 Å². The third kappa shape index (κ3) is 4.51. The van der Waals surface area contributed by atoms with Crippen LogP contribution in [0.15, 0.2) is 66.9 Å². The minimum atomic E-state index is -0.263. The average molecular weight is 456 g/mol. The van der Waals surface area contributed by atoms with Crippen molar-refractivity contribution in [1.82, 2.24) is 20.6 Å². The van der Waals surface area contributed by atoms with Gasteiger partial charge in [-0.05, 0) is 53.8 Å². The lowest BCUT2D eigenvalue weighted by Gasteiger charge is -2.22. The molecule has 1 unspecified atom stereocenters. The molecule has 7 heteroatoms. The topological polar surface area (TPSA) is 92.9 Å². The minimum Gasteiger partial charge on any atom is -0.368 e. The van der Waals surface area contributed by atoms with Crippen molar-refractivity contribution in [2.75, 3.05) is 12.3 Å². The first-order chi connectivity index (χ1) is 16.1. The normalized spacial score (nSPS) is 13.8. The summed E-state index contributed by atoms with van der Waals surface area (Å²) in [5.74, 6) is 0.202. The number of carbonyl (C=O) groups excluding carboxylic acids is 1. The first kappa shape index (κ1) is 21.3. The molecule has 0 aliphatic carbocycles. The molecule has 2 aromatic heterocycles. The van der Waals surface area contributed by atoms with Crippen molar-refractivity contribution in [3.63, 3.8) is 0 Å². The van der Waals surface area contributed by atoms with E-state index in [0.717, 1.165) is 52.3 Å². The first-order valence-electron chi connectivity index (χ1n) is 11.0. The van der Waals surface area contributed by atoms with Crippen LogP contribution in [0.3, 0.4) is 0 Å². The summed E-state index contributed by atoms with van der Waals surface area (Å²) >= 11 is 1.60. The molecule has 1 amide bonds. The summed E-state index contributed by atoms with van der Waals surface area (Å²) in [5.41, 5.74) is 11.9. The van der Waals surface area contributed by atoms with Gasteiger partial charge in [-0.3, -0.25) is 4.79 Å². The van der Waals surface area contributed by atoms with E-state index in [2.05, 4.69) is 39.7 Å². The van der Waals surface area contributed by atoms with Gasteiger partial charge in [0.1, 0.15) is 0 Å². The Labute approximate surface area is 196 Å². The number of nitrogens with one attached hydrogen (secondary N) is 2. The molecule has 1 atom stereocenters. The van der Waals surface area contributed by atoms with E-state index in [0.29, 0.717) is 0 Å². The minimum absolute atomic E-state index is 0.0460. The van der Waals surface area contributed by atoms with Crippen LogP contribution in [-0.4, -0.2) is 22.4 Å². The Morgan fingerprint density at radius 1 is 1.15 bits per heavy atom. The van der Waals surface area contributed by atoms with E-state index < -0.39 is 0 Å². The van der Waals surface area contributed by atoms with Gasteiger partial charge < -0.3 is 16.4 Å². The lowest BCUT2D eigenvalue weighted by Crippen LogP contribution is -2.29. The van der Waals surface area contributed by atoms with Crippen LogP contribution in [0.4, 0.5) is 5.95 Å². The van der Waals surface area contributed by atoms with Crippen molar-refractivity contribution in [3.05, 3.63) is 98.9 Å². The molecular formula is C26H25N5OS. The molecule has 4 N–H and O–H groups in total. The Bertz CT molecular complexity index is 1280. The van der Waals surface area contributed by atoms with Crippen molar-refractivity contribution in [3.8, 4) is 11.3 Å². The van der Waals surface area contributed by atoms with Gasteiger partial charge in [-0.1, -0.05) is 42.5 Å². The molecule has 0 saturated heterocycles. The number of anilines is 1. The second-order valence-electron chi connectivity index (χ2n) is 8.17. The van der Waals surface area contributed by atoms with Gasteiger partial charge in [-0.2, -0.15) is 0 Å². The summed E-state index contributed by atoms with van der Waals surface area (Å²) in [6.45, 7) is 3.85. The third-order valence-electron chi connectivity index (χ3n) is 5.92. The maximum atomic E-state index is 13.3. The largest absolute Gasteiger partial charge is 0.368 e. The highest BCUT2D eigenvalue weighted by Gasteiger charge is 2.23. The van der Waals surface area contributed by atoms with Crippen molar-refractivity contribution >= 4 is 23.2 Å². The quantitative estimate of drug-likeness (QED) is 0.418. The molecule has 0 fully saturated rings. The Balaban J connectivity index is 1.48. The Kier molecular flexibility index (Phi) is 5.90. The molecule has 6 nitrogen and oxygen atoms in total. The summed E-state index contributed by atoms with van der Waals surface area (Å²) in [6.07, 6.45) is 2.63. The molecule has 1 aliphatic heterocycles. The zero-order chi connectivity index (χ0) is 22.8. The van der Waals surface area contributed by atoms with Crippen LogP contribution in [0.2, 0.25) is 0 Å². The van der Waals surface area contributed by atoms with E-state index in [4.69, 9.17) is 5.73 Å². The lowest BCUT2D eigenvalue weighted by molar-refractivity contribution is 0.0947. The highest BCUT2D eigenvalue weighted by atomic mass is 32.1. The van der Waals surface area contributed by atoms with Gasteiger partial charge in [-0.25, -0.2) is 9.97 Å². The third-order valence-corrected chi connectivity index (χ3v) is 7.16. The summed E-state index contributed by atoms with van der Waals surface area (Å²) in [6, 6.07) is 19.8. The number of hydrogen-bond donors (Lipinski definition) is 3. The monoisotopic (exact) mass is 455 g/mol.